The summed E-state index contributed by atoms with van der Waals surface area (Å²) < 4.78 is 4.41. The van der Waals surface area contributed by atoms with Crippen LogP contribution in [0.15, 0.2) is 4.99 Å². The molecule has 3 heterocycles. The third-order valence-corrected chi connectivity index (χ3v) is 6.64. The molecule has 0 aliphatic carbocycles. The zero-order valence-electron chi connectivity index (χ0n) is 17.2. The van der Waals surface area contributed by atoms with Crippen LogP contribution in [0.2, 0.25) is 0 Å². The van der Waals surface area contributed by atoms with E-state index in [-0.39, 0.29) is 0 Å². The summed E-state index contributed by atoms with van der Waals surface area (Å²) in [6.45, 7) is 13.0. The first kappa shape index (κ1) is 20.3. The molecule has 0 atom stereocenters. The Balaban J connectivity index is 1.39. The molecule has 0 amide bonds. The van der Waals surface area contributed by atoms with Gasteiger partial charge in [-0.1, -0.05) is 13.8 Å². The molecule has 0 unspecified atom stereocenters. The van der Waals surface area contributed by atoms with E-state index < -0.39 is 0 Å². The number of aromatic nitrogens is 2. The van der Waals surface area contributed by atoms with Crippen LogP contribution in [0.3, 0.4) is 0 Å². The highest BCUT2D eigenvalue weighted by Gasteiger charge is 2.22. The standard InChI is InChI=1S/C19H35N7S/c1-4-17-22-19(27-23-17)26-14-12-25(13-15-26)18(20-3)21-9-6-16-7-10-24(5-2)11-8-16/h16H,4-15H2,1-3H3,(H,20,21). The predicted octanol–water partition coefficient (Wildman–Crippen LogP) is 1.92. The van der Waals surface area contributed by atoms with Crippen LogP contribution in [0.25, 0.3) is 0 Å². The predicted molar refractivity (Wildman–Crippen MR) is 114 cm³/mol. The minimum Gasteiger partial charge on any atom is -0.356 e. The lowest BCUT2D eigenvalue weighted by Gasteiger charge is -2.36. The maximum absolute atomic E-state index is 4.62. The fourth-order valence-corrected chi connectivity index (χ4v) is 4.74. The summed E-state index contributed by atoms with van der Waals surface area (Å²) >= 11 is 1.52. The van der Waals surface area contributed by atoms with Gasteiger partial charge in [-0.2, -0.15) is 4.37 Å². The van der Waals surface area contributed by atoms with Crippen molar-refractivity contribution in [3.8, 4) is 0 Å². The van der Waals surface area contributed by atoms with Crippen LogP contribution in [0.4, 0.5) is 5.13 Å². The van der Waals surface area contributed by atoms with Crippen LogP contribution < -0.4 is 10.2 Å². The molecule has 2 fully saturated rings. The molecule has 2 aliphatic heterocycles. The van der Waals surface area contributed by atoms with Crippen molar-refractivity contribution < 1.29 is 0 Å². The normalized spacial score (nSPS) is 20.3. The SMILES string of the molecule is CCc1nsc(N2CCN(C(=NC)NCCC3CCN(CC)CC3)CC2)n1. The number of guanidine groups is 1. The van der Waals surface area contributed by atoms with E-state index >= 15 is 0 Å². The second-order valence-corrected chi connectivity index (χ2v) is 8.19. The Morgan fingerprint density at radius 1 is 1.15 bits per heavy atom. The smallest absolute Gasteiger partial charge is 0.205 e. The molecule has 0 spiro atoms. The van der Waals surface area contributed by atoms with Gasteiger partial charge in [-0.15, -0.1) is 0 Å². The highest BCUT2D eigenvalue weighted by atomic mass is 32.1. The zero-order chi connectivity index (χ0) is 19.1. The number of piperazine rings is 1. The largest absolute Gasteiger partial charge is 0.356 e. The van der Waals surface area contributed by atoms with Crippen LogP contribution in [-0.4, -0.2) is 84.5 Å². The van der Waals surface area contributed by atoms with Crippen molar-refractivity contribution in [2.75, 3.05) is 64.3 Å². The van der Waals surface area contributed by atoms with Gasteiger partial charge in [0.05, 0.1) is 0 Å². The van der Waals surface area contributed by atoms with Crippen LogP contribution >= 0.6 is 11.5 Å². The summed E-state index contributed by atoms with van der Waals surface area (Å²) in [5.41, 5.74) is 0. The van der Waals surface area contributed by atoms with Crippen molar-refractivity contribution in [2.24, 2.45) is 10.9 Å². The van der Waals surface area contributed by atoms with Gasteiger partial charge in [-0.3, -0.25) is 4.99 Å². The molecular weight excluding hydrogens is 358 g/mol. The lowest BCUT2D eigenvalue weighted by molar-refractivity contribution is 0.187. The van der Waals surface area contributed by atoms with Gasteiger partial charge in [0.25, 0.3) is 0 Å². The van der Waals surface area contributed by atoms with Gasteiger partial charge in [-0.05, 0) is 44.8 Å². The molecule has 0 radical (unpaired) electrons. The van der Waals surface area contributed by atoms with E-state index in [9.17, 15) is 0 Å². The second-order valence-electron chi connectivity index (χ2n) is 7.46. The summed E-state index contributed by atoms with van der Waals surface area (Å²) in [6, 6.07) is 0. The molecule has 1 aromatic rings. The number of rotatable bonds is 6. The number of hydrogen-bond donors (Lipinski definition) is 1. The van der Waals surface area contributed by atoms with E-state index in [1.807, 2.05) is 7.05 Å². The first-order chi connectivity index (χ1) is 13.2. The van der Waals surface area contributed by atoms with Gasteiger partial charge in [0.15, 0.2) is 5.96 Å². The Morgan fingerprint density at radius 2 is 1.89 bits per heavy atom. The zero-order valence-corrected chi connectivity index (χ0v) is 18.0. The highest BCUT2D eigenvalue weighted by molar-refractivity contribution is 7.09. The summed E-state index contributed by atoms with van der Waals surface area (Å²) in [7, 11) is 1.90. The summed E-state index contributed by atoms with van der Waals surface area (Å²) in [5, 5.41) is 4.66. The fraction of sp³-hybridized carbons (Fsp3) is 0.842. The van der Waals surface area contributed by atoms with Crippen molar-refractivity contribution in [1.82, 2.24) is 24.5 Å². The summed E-state index contributed by atoms with van der Waals surface area (Å²) in [5.74, 6) is 2.87. The number of anilines is 1. The number of aryl methyl sites for hydroxylation is 1. The number of nitrogens with one attached hydrogen (secondary N) is 1. The average Bonchev–Trinajstić information content (AvgIpc) is 3.21. The van der Waals surface area contributed by atoms with Gasteiger partial charge < -0.3 is 20.0 Å². The van der Waals surface area contributed by atoms with E-state index in [0.717, 1.165) is 62.0 Å². The van der Waals surface area contributed by atoms with Crippen molar-refractivity contribution in [1.29, 1.82) is 0 Å². The summed E-state index contributed by atoms with van der Waals surface area (Å²) in [4.78, 5) is 16.4. The maximum atomic E-state index is 4.62. The Morgan fingerprint density at radius 3 is 2.48 bits per heavy atom. The minimum atomic E-state index is 0.861. The minimum absolute atomic E-state index is 0.861. The molecule has 27 heavy (non-hydrogen) atoms. The lowest BCUT2D eigenvalue weighted by Crippen LogP contribution is -2.52. The van der Waals surface area contributed by atoms with Crippen LogP contribution in [0.1, 0.15) is 38.9 Å². The van der Waals surface area contributed by atoms with Gasteiger partial charge in [0, 0.05) is 57.7 Å². The van der Waals surface area contributed by atoms with Crippen molar-refractivity contribution in [3.63, 3.8) is 0 Å². The second kappa shape index (κ2) is 10.2. The molecule has 7 nitrogen and oxygen atoms in total. The Kier molecular flexibility index (Phi) is 7.70. The average molecular weight is 394 g/mol. The number of hydrogen-bond acceptors (Lipinski definition) is 6. The van der Waals surface area contributed by atoms with Crippen molar-refractivity contribution in [3.05, 3.63) is 5.82 Å². The van der Waals surface area contributed by atoms with Crippen LogP contribution in [0.5, 0.6) is 0 Å². The van der Waals surface area contributed by atoms with Gasteiger partial charge in [0.1, 0.15) is 5.82 Å². The maximum Gasteiger partial charge on any atom is 0.205 e. The van der Waals surface area contributed by atoms with E-state index in [1.54, 1.807) is 0 Å². The Bertz CT molecular complexity index is 587. The topological polar surface area (TPSA) is 59.9 Å². The molecule has 3 rings (SSSR count). The third-order valence-electron chi connectivity index (χ3n) is 5.83. The Hall–Kier alpha value is -1.41. The van der Waals surface area contributed by atoms with Gasteiger partial charge >= 0.3 is 0 Å². The molecule has 0 aromatic carbocycles. The number of aliphatic imine (C=N–C) groups is 1. The van der Waals surface area contributed by atoms with Crippen LogP contribution in [0, 0.1) is 5.92 Å². The molecule has 1 N–H and O–H groups in total. The van der Waals surface area contributed by atoms with E-state index in [1.165, 1.54) is 50.4 Å². The van der Waals surface area contributed by atoms with Crippen molar-refractivity contribution in [2.45, 2.75) is 39.5 Å². The monoisotopic (exact) mass is 393 g/mol. The quantitative estimate of drug-likeness (QED) is 0.589. The first-order valence-electron chi connectivity index (χ1n) is 10.5. The van der Waals surface area contributed by atoms with E-state index in [4.69, 9.17) is 0 Å². The molecule has 0 saturated carbocycles. The van der Waals surface area contributed by atoms with Gasteiger partial charge in [0.2, 0.25) is 5.13 Å². The molecule has 2 aliphatic rings. The fourth-order valence-electron chi connectivity index (χ4n) is 3.94. The molecule has 2 saturated heterocycles. The van der Waals surface area contributed by atoms with Crippen LogP contribution in [-0.2, 0) is 6.42 Å². The van der Waals surface area contributed by atoms with E-state index in [2.05, 4.69) is 48.2 Å². The number of piperidine rings is 1. The molecule has 152 valence electrons. The molecular formula is C19H35N7S. The molecule has 0 bridgehead atoms. The summed E-state index contributed by atoms with van der Waals surface area (Å²) in [6.07, 6.45) is 4.84. The highest BCUT2D eigenvalue weighted by Crippen LogP contribution is 2.20. The number of likely N-dealkylation sites (tertiary alicyclic amines) is 1. The first-order valence-corrected chi connectivity index (χ1v) is 11.3. The van der Waals surface area contributed by atoms with Gasteiger partial charge in [-0.25, -0.2) is 4.98 Å². The Labute approximate surface area is 168 Å². The van der Waals surface area contributed by atoms with Crippen molar-refractivity contribution >= 4 is 22.6 Å². The number of nitrogens with zero attached hydrogens (tertiary/aromatic N) is 6. The third kappa shape index (κ3) is 5.54. The van der Waals surface area contributed by atoms with E-state index in [0.29, 0.717) is 0 Å². The molecule has 1 aromatic heterocycles. The molecule has 8 heteroatoms. The lowest BCUT2D eigenvalue weighted by atomic mass is 9.93.